The maximum atomic E-state index is 9.30. The van der Waals surface area contributed by atoms with Crippen LogP contribution >= 0.6 is 0 Å². The summed E-state index contributed by atoms with van der Waals surface area (Å²) in [6.07, 6.45) is 1.43. The first-order valence-electron chi connectivity index (χ1n) is 7.44. The van der Waals surface area contributed by atoms with E-state index in [0.29, 0.717) is 12.5 Å². The molecule has 4 N–H and O–H groups in total. The van der Waals surface area contributed by atoms with Crippen LogP contribution in [0.25, 0.3) is 0 Å². The Labute approximate surface area is 159 Å². The Bertz CT molecular complexity index is 820. The van der Waals surface area contributed by atoms with E-state index in [0.717, 1.165) is 11.1 Å². The topological polar surface area (TPSA) is 149 Å². The van der Waals surface area contributed by atoms with Crippen LogP contribution in [0.15, 0.2) is 48.5 Å². The van der Waals surface area contributed by atoms with Crippen LogP contribution in [0.2, 0.25) is 0 Å². The van der Waals surface area contributed by atoms with Gasteiger partial charge in [0.15, 0.2) is 0 Å². The van der Waals surface area contributed by atoms with Crippen molar-refractivity contribution in [2.45, 2.75) is 19.3 Å². The fraction of sp³-hybridized carbons (Fsp3) is 0.294. The first-order chi connectivity index (χ1) is 12.0. The van der Waals surface area contributed by atoms with Gasteiger partial charge in [0.05, 0.1) is 12.5 Å². The summed E-state index contributed by atoms with van der Waals surface area (Å²) in [6.45, 7) is 4.23. The Hall–Kier alpha value is -2.14. The summed E-state index contributed by atoms with van der Waals surface area (Å²) in [5, 5.41) is 18.6. The molecular weight excluding hydrogens is 396 g/mol. The van der Waals surface area contributed by atoms with E-state index in [1.807, 2.05) is 24.3 Å². The summed E-state index contributed by atoms with van der Waals surface area (Å²) >= 11 is 0. The fourth-order valence-electron chi connectivity index (χ4n) is 1.92. The normalized spacial score (nSPS) is 11.5. The molecule has 0 atom stereocenters. The lowest BCUT2D eigenvalue weighted by Gasteiger charge is -2.26. The van der Waals surface area contributed by atoms with E-state index in [-0.39, 0.29) is 16.9 Å². The Morgan fingerprint density at radius 1 is 0.630 bits per heavy atom. The van der Waals surface area contributed by atoms with Crippen LogP contribution in [-0.4, -0.2) is 48.7 Å². The number of rotatable bonds is 2. The summed E-state index contributed by atoms with van der Waals surface area (Å²) in [5.41, 5.74) is 2.10. The Balaban J connectivity index is 0.000000563. The van der Waals surface area contributed by atoms with Crippen molar-refractivity contribution in [1.82, 2.24) is 0 Å². The summed E-state index contributed by atoms with van der Waals surface area (Å²) in [6, 6.07) is 14.4. The molecule has 0 aliphatic carbocycles. The van der Waals surface area contributed by atoms with Gasteiger partial charge in [0.1, 0.15) is 11.5 Å². The molecule has 8 nitrogen and oxygen atoms in total. The molecule has 0 spiro atoms. The third-order valence-corrected chi connectivity index (χ3v) is 3.18. The lowest BCUT2D eigenvalue weighted by atomic mass is 9.78. The second-order valence-corrected chi connectivity index (χ2v) is 9.12. The first kappa shape index (κ1) is 24.9. The van der Waals surface area contributed by atoms with Gasteiger partial charge in [0, 0.05) is 5.41 Å². The Morgan fingerprint density at radius 2 is 0.815 bits per heavy atom. The maximum absolute atomic E-state index is 9.30. The minimum Gasteiger partial charge on any atom is -0.508 e. The fourth-order valence-corrected chi connectivity index (χ4v) is 1.92. The van der Waals surface area contributed by atoms with E-state index < -0.39 is 20.2 Å². The van der Waals surface area contributed by atoms with Gasteiger partial charge in [0.2, 0.25) is 0 Å². The molecule has 2 rings (SSSR count). The molecule has 0 unspecified atom stereocenters. The zero-order valence-electron chi connectivity index (χ0n) is 15.4. The Kier molecular flexibility index (Phi) is 8.93. The quantitative estimate of drug-likeness (QED) is 0.541. The molecule has 152 valence electrons. The number of aromatic hydroxyl groups is 2. The van der Waals surface area contributed by atoms with Gasteiger partial charge >= 0.3 is 0 Å². The molecule has 0 bridgehead atoms. The predicted molar refractivity (Wildman–Crippen MR) is 103 cm³/mol. The SMILES string of the molecule is CC(C)(c1ccc(O)cc1)c1ccc(O)cc1.CS(=O)(=O)O.CS(=O)(=O)O. The van der Waals surface area contributed by atoms with Crippen LogP contribution in [0.3, 0.4) is 0 Å². The molecule has 0 radical (unpaired) electrons. The summed E-state index contributed by atoms with van der Waals surface area (Å²) < 4.78 is 51.7. The van der Waals surface area contributed by atoms with Crippen molar-refractivity contribution >= 4 is 20.2 Å². The van der Waals surface area contributed by atoms with Crippen LogP contribution in [-0.2, 0) is 25.7 Å². The number of benzene rings is 2. The van der Waals surface area contributed by atoms with Gasteiger partial charge in [-0.05, 0) is 35.4 Å². The third kappa shape index (κ3) is 12.8. The number of phenolic OH excluding ortho intramolecular Hbond substituents is 2. The predicted octanol–water partition coefficient (Wildman–Crippen LogP) is 2.43. The average Bonchev–Trinajstić information content (AvgIpc) is 2.44. The zero-order chi connectivity index (χ0) is 21.5. The first-order valence-corrected chi connectivity index (χ1v) is 11.1. The summed E-state index contributed by atoms with van der Waals surface area (Å²) in [4.78, 5) is 0. The number of phenols is 2. The van der Waals surface area contributed by atoms with E-state index in [4.69, 9.17) is 9.11 Å². The van der Waals surface area contributed by atoms with Crippen molar-refractivity contribution < 1.29 is 36.2 Å². The minimum absolute atomic E-state index is 0.151. The highest BCUT2D eigenvalue weighted by atomic mass is 32.2. The van der Waals surface area contributed by atoms with Crippen molar-refractivity contribution in [2.24, 2.45) is 0 Å². The van der Waals surface area contributed by atoms with Gasteiger partial charge in [-0.1, -0.05) is 38.1 Å². The van der Waals surface area contributed by atoms with Crippen LogP contribution in [0.1, 0.15) is 25.0 Å². The number of hydrogen-bond acceptors (Lipinski definition) is 6. The van der Waals surface area contributed by atoms with Gasteiger partial charge in [0.25, 0.3) is 20.2 Å². The molecule has 0 saturated carbocycles. The molecule has 0 aromatic heterocycles. The molecule has 0 amide bonds. The molecular formula is C17H24O8S2. The highest BCUT2D eigenvalue weighted by Gasteiger charge is 2.22. The molecule has 0 heterocycles. The molecule has 27 heavy (non-hydrogen) atoms. The highest BCUT2D eigenvalue weighted by Crippen LogP contribution is 2.32. The molecule has 0 aliphatic heterocycles. The largest absolute Gasteiger partial charge is 0.508 e. The van der Waals surface area contributed by atoms with E-state index in [1.165, 1.54) is 0 Å². The van der Waals surface area contributed by atoms with Crippen molar-refractivity contribution in [3.05, 3.63) is 59.7 Å². The average molecular weight is 421 g/mol. The van der Waals surface area contributed by atoms with Gasteiger partial charge in [-0.2, -0.15) is 16.8 Å². The maximum Gasteiger partial charge on any atom is 0.261 e. The summed E-state index contributed by atoms with van der Waals surface area (Å²) in [7, 11) is -7.33. The second kappa shape index (κ2) is 9.70. The molecule has 0 aliphatic rings. The molecule has 0 saturated heterocycles. The Morgan fingerprint density at radius 3 is 1.00 bits per heavy atom. The van der Waals surface area contributed by atoms with Gasteiger partial charge in [-0.25, -0.2) is 0 Å². The van der Waals surface area contributed by atoms with Gasteiger partial charge < -0.3 is 10.2 Å². The van der Waals surface area contributed by atoms with Crippen molar-refractivity contribution in [2.75, 3.05) is 12.5 Å². The van der Waals surface area contributed by atoms with E-state index >= 15 is 0 Å². The number of hydrogen-bond donors (Lipinski definition) is 4. The van der Waals surface area contributed by atoms with Gasteiger partial charge in [-0.3, -0.25) is 9.11 Å². The lowest BCUT2D eigenvalue weighted by molar-refractivity contribution is 0.473. The molecule has 0 fully saturated rings. The van der Waals surface area contributed by atoms with Crippen LogP contribution in [0.4, 0.5) is 0 Å². The minimum atomic E-state index is -3.67. The van der Waals surface area contributed by atoms with E-state index in [9.17, 15) is 27.0 Å². The molecule has 2 aromatic carbocycles. The van der Waals surface area contributed by atoms with Crippen LogP contribution in [0.5, 0.6) is 11.5 Å². The summed E-state index contributed by atoms with van der Waals surface area (Å²) in [5.74, 6) is 0.547. The highest BCUT2D eigenvalue weighted by molar-refractivity contribution is 7.85. The molecule has 2 aromatic rings. The van der Waals surface area contributed by atoms with Gasteiger partial charge in [-0.15, -0.1) is 0 Å². The monoisotopic (exact) mass is 420 g/mol. The standard InChI is InChI=1S/C15H16O2.2CH4O3S/c1-15(2,11-3-7-13(16)8-4-11)12-5-9-14(17)10-6-12;2*1-5(2,3)4/h3-10,16-17H,1-2H3;2*1H3,(H,2,3,4). The van der Waals surface area contributed by atoms with E-state index in [1.54, 1.807) is 24.3 Å². The zero-order valence-corrected chi connectivity index (χ0v) is 17.0. The molecule has 10 heteroatoms. The van der Waals surface area contributed by atoms with Crippen molar-refractivity contribution in [3.63, 3.8) is 0 Å². The van der Waals surface area contributed by atoms with Crippen molar-refractivity contribution in [1.29, 1.82) is 0 Å². The van der Waals surface area contributed by atoms with Crippen LogP contribution < -0.4 is 0 Å². The van der Waals surface area contributed by atoms with Crippen molar-refractivity contribution in [3.8, 4) is 11.5 Å². The smallest absolute Gasteiger partial charge is 0.261 e. The van der Waals surface area contributed by atoms with Crippen LogP contribution in [0, 0.1) is 0 Å². The third-order valence-electron chi connectivity index (χ3n) is 3.18. The van der Waals surface area contributed by atoms with E-state index in [2.05, 4.69) is 13.8 Å². The lowest BCUT2D eigenvalue weighted by Crippen LogP contribution is -2.18. The second-order valence-electron chi connectivity index (χ2n) is 6.18.